The van der Waals surface area contributed by atoms with Gasteiger partial charge in [0.2, 0.25) is 10.0 Å². The molecule has 0 radical (unpaired) electrons. The summed E-state index contributed by atoms with van der Waals surface area (Å²) in [6, 6.07) is 8.10. The van der Waals surface area contributed by atoms with Crippen molar-refractivity contribution in [1.29, 1.82) is 5.26 Å². The van der Waals surface area contributed by atoms with Crippen LogP contribution in [0, 0.1) is 23.0 Å². The number of carbonyl (C=O) groups is 1. The van der Waals surface area contributed by atoms with Crippen molar-refractivity contribution in [3.05, 3.63) is 65.2 Å². The van der Waals surface area contributed by atoms with Gasteiger partial charge in [0, 0.05) is 6.07 Å². The molecule has 0 aliphatic heterocycles. The fourth-order valence-corrected chi connectivity index (χ4v) is 3.32. The summed E-state index contributed by atoms with van der Waals surface area (Å²) in [6.07, 6.45) is -0.219. The van der Waals surface area contributed by atoms with Crippen LogP contribution in [-0.4, -0.2) is 25.5 Å². The minimum absolute atomic E-state index is 0.219. The van der Waals surface area contributed by atoms with E-state index < -0.39 is 38.6 Å². The van der Waals surface area contributed by atoms with Gasteiger partial charge in [0.25, 0.3) is 0 Å². The summed E-state index contributed by atoms with van der Waals surface area (Å²) in [5.41, 5.74) is 0.832. The van der Waals surface area contributed by atoms with Crippen LogP contribution >= 0.6 is 0 Å². The summed E-state index contributed by atoms with van der Waals surface area (Å²) >= 11 is 0. The number of sulfonamides is 1. The lowest BCUT2D eigenvalue weighted by atomic mass is 10.1. The van der Waals surface area contributed by atoms with E-state index in [1.54, 1.807) is 0 Å². The maximum Gasteiger partial charge on any atom is 0.322 e. The van der Waals surface area contributed by atoms with Crippen LogP contribution in [0.2, 0.25) is 0 Å². The van der Waals surface area contributed by atoms with Crippen LogP contribution in [0.1, 0.15) is 11.1 Å². The Balaban J connectivity index is 2.25. The predicted molar refractivity (Wildman–Crippen MR) is 83.0 cm³/mol. The van der Waals surface area contributed by atoms with Crippen molar-refractivity contribution in [2.75, 3.05) is 0 Å². The Kier molecular flexibility index (Phi) is 5.46. The molecule has 0 fully saturated rings. The van der Waals surface area contributed by atoms with E-state index in [2.05, 4.69) is 0 Å². The molecule has 0 bridgehead atoms. The maximum absolute atomic E-state index is 13.7. The second-order valence-corrected chi connectivity index (χ2v) is 6.78. The number of hydrogen-bond donors (Lipinski definition) is 2. The molecule has 2 rings (SSSR count). The first-order valence-electron chi connectivity index (χ1n) is 6.92. The molecule has 0 aliphatic rings. The third-order valence-electron chi connectivity index (χ3n) is 3.30. The van der Waals surface area contributed by atoms with Crippen molar-refractivity contribution in [3.63, 3.8) is 0 Å². The molecule has 1 atom stereocenters. The first-order valence-corrected chi connectivity index (χ1v) is 8.40. The summed E-state index contributed by atoms with van der Waals surface area (Å²) in [7, 11) is -4.51. The minimum Gasteiger partial charge on any atom is -0.480 e. The van der Waals surface area contributed by atoms with E-state index >= 15 is 0 Å². The molecule has 0 heterocycles. The number of benzene rings is 2. The molecular formula is C16H12F2N2O4S. The lowest BCUT2D eigenvalue weighted by Crippen LogP contribution is -2.42. The molecule has 0 saturated heterocycles. The number of carboxylic acids is 1. The highest BCUT2D eigenvalue weighted by Crippen LogP contribution is 2.16. The second kappa shape index (κ2) is 7.38. The lowest BCUT2D eigenvalue weighted by molar-refractivity contribution is -0.138. The fourth-order valence-electron chi connectivity index (χ4n) is 2.07. The normalized spacial score (nSPS) is 12.4. The molecule has 2 N–H and O–H groups in total. The van der Waals surface area contributed by atoms with Gasteiger partial charge in [-0.3, -0.25) is 4.79 Å². The Morgan fingerprint density at radius 2 is 1.84 bits per heavy atom. The molecule has 0 saturated carbocycles. The van der Waals surface area contributed by atoms with Crippen LogP contribution in [-0.2, 0) is 21.2 Å². The summed E-state index contributed by atoms with van der Waals surface area (Å²) < 4.78 is 52.8. The van der Waals surface area contributed by atoms with E-state index in [-0.39, 0.29) is 6.42 Å². The van der Waals surface area contributed by atoms with Crippen molar-refractivity contribution in [3.8, 4) is 6.07 Å². The summed E-state index contributed by atoms with van der Waals surface area (Å²) in [5.74, 6) is -3.74. The molecule has 2 aromatic carbocycles. The molecule has 0 aliphatic carbocycles. The number of nitrogens with zero attached hydrogens (tertiary/aromatic N) is 1. The van der Waals surface area contributed by atoms with Gasteiger partial charge < -0.3 is 5.11 Å². The van der Waals surface area contributed by atoms with Crippen molar-refractivity contribution in [1.82, 2.24) is 4.72 Å². The molecule has 0 unspecified atom stereocenters. The summed E-state index contributed by atoms with van der Waals surface area (Å²) in [6.45, 7) is 0. The summed E-state index contributed by atoms with van der Waals surface area (Å²) in [5, 5.41) is 18.0. The summed E-state index contributed by atoms with van der Waals surface area (Å²) in [4.78, 5) is 10.5. The highest BCUT2D eigenvalue weighted by atomic mass is 32.2. The monoisotopic (exact) mass is 366 g/mol. The molecule has 0 spiro atoms. The average molecular weight is 366 g/mol. The molecule has 0 aromatic heterocycles. The van der Waals surface area contributed by atoms with Gasteiger partial charge in [-0.25, -0.2) is 17.2 Å². The second-order valence-electron chi connectivity index (χ2n) is 5.10. The van der Waals surface area contributed by atoms with Crippen LogP contribution in [0.5, 0.6) is 0 Å². The average Bonchev–Trinajstić information content (AvgIpc) is 2.54. The Labute approximate surface area is 142 Å². The topological polar surface area (TPSA) is 107 Å². The van der Waals surface area contributed by atoms with Gasteiger partial charge >= 0.3 is 5.97 Å². The quantitative estimate of drug-likeness (QED) is 0.811. The number of halogens is 2. The lowest BCUT2D eigenvalue weighted by Gasteiger charge is -2.15. The first kappa shape index (κ1) is 18.5. The third kappa shape index (κ3) is 4.59. The zero-order chi connectivity index (χ0) is 18.6. The van der Waals surface area contributed by atoms with E-state index in [4.69, 9.17) is 5.26 Å². The van der Waals surface area contributed by atoms with Crippen molar-refractivity contribution in [2.45, 2.75) is 17.4 Å². The van der Waals surface area contributed by atoms with Gasteiger partial charge in [-0.1, -0.05) is 12.1 Å². The van der Waals surface area contributed by atoms with Gasteiger partial charge in [0.1, 0.15) is 22.6 Å². The molecule has 6 nitrogen and oxygen atoms in total. The van der Waals surface area contributed by atoms with E-state index in [1.807, 2.05) is 10.8 Å². The van der Waals surface area contributed by atoms with E-state index in [0.29, 0.717) is 23.3 Å². The van der Waals surface area contributed by atoms with Crippen molar-refractivity contribution >= 4 is 16.0 Å². The van der Waals surface area contributed by atoms with Crippen molar-refractivity contribution in [2.24, 2.45) is 0 Å². The Hall–Kier alpha value is -2.83. The number of nitrogens with one attached hydrogen (secondary N) is 1. The van der Waals surface area contributed by atoms with E-state index in [0.717, 1.165) is 6.07 Å². The number of hydrogen-bond acceptors (Lipinski definition) is 4. The highest BCUT2D eigenvalue weighted by molar-refractivity contribution is 7.89. The Bertz CT molecular complexity index is 938. The molecule has 2 aromatic rings. The van der Waals surface area contributed by atoms with Crippen molar-refractivity contribution < 1.29 is 27.1 Å². The fraction of sp³-hybridized carbons (Fsp3) is 0.125. The van der Waals surface area contributed by atoms with E-state index in [9.17, 15) is 27.1 Å². The first-order chi connectivity index (χ1) is 11.7. The van der Waals surface area contributed by atoms with Gasteiger partial charge in [-0.2, -0.15) is 9.98 Å². The minimum atomic E-state index is -4.51. The smallest absolute Gasteiger partial charge is 0.322 e. The Morgan fingerprint density at radius 1 is 1.20 bits per heavy atom. The molecule has 25 heavy (non-hydrogen) atoms. The maximum atomic E-state index is 13.7. The molecule has 9 heteroatoms. The number of carboxylic acid groups (broad SMARTS) is 1. The van der Waals surface area contributed by atoms with Crippen LogP contribution in [0.3, 0.4) is 0 Å². The molecule has 130 valence electrons. The van der Waals surface area contributed by atoms with Gasteiger partial charge in [0.15, 0.2) is 0 Å². The van der Waals surface area contributed by atoms with Crippen LogP contribution in [0.15, 0.2) is 47.4 Å². The highest BCUT2D eigenvalue weighted by Gasteiger charge is 2.27. The van der Waals surface area contributed by atoms with Crippen LogP contribution in [0.4, 0.5) is 8.78 Å². The third-order valence-corrected chi connectivity index (χ3v) is 4.81. The van der Waals surface area contributed by atoms with Crippen LogP contribution < -0.4 is 4.72 Å². The zero-order valence-electron chi connectivity index (χ0n) is 12.6. The molecule has 0 amide bonds. The number of nitriles is 1. The number of aliphatic carboxylic acids is 1. The SMILES string of the molecule is N#Cc1ccc(C[C@H](NS(=O)(=O)c2ccc(F)cc2F)C(=O)O)cc1. The zero-order valence-corrected chi connectivity index (χ0v) is 13.4. The predicted octanol–water partition coefficient (Wildman–Crippen LogP) is 1.81. The van der Waals surface area contributed by atoms with Gasteiger partial charge in [-0.05, 0) is 36.2 Å². The van der Waals surface area contributed by atoms with E-state index in [1.165, 1.54) is 24.3 Å². The van der Waals surface area contributed by atoms with Crippen LogP contribution in [0.25, 0.3) is 0 Å². The number of rotatable bonds is 6. The Morgan fingerprint density at radius 3 is 2.36 bits per heavy atom. The largest absolute Gasteiger partial charge is 0.480 e. The van der Waals surface area contributed by atoms with Gasteiger partial charge in [-0.15, -0.1) is 0 Å². The van der Waals surface area contributed by atoms with Gasteiger partial charge in [0.05, 0.1) is 11.6 Å². The standard InChI is InChI=1S/C16H12F2N2O4S/c17-12-5-6-15(13(18)8-12)25(23,24)20-14(16(21)22)7-10-1-3-11(9-19)4-2-10/h1-6,8,14,20H,7H2,(H,21,22)/t14-/m0/s1. The molecular weight excluding hydrogens is 354 g/mol.